The summed E-state index contributed by atoms with van der Waals surface area (Å²) in [6.07, 6.45) is 0. The van der Waals surface area contributed by atoms with Crippen LogP contribution in [-0.2, 0) is 0 Å². The van der Waals surface area contributed by atoms with E-state index in [9.17, 15) is 8.78 Å². The molecule has 0 aliphatic carbocycles. The molecular weight excluding hydrogens is 320 g/mol. The van der Waals surface area contributed by atoms with E-state index >= 15 is 0 Å². The van der Waals surface area contributed by atoms with Crippen molar-refractivity contribution in [3.8, 4) is 0 Å². The van der Waals surface area contributed by atoms with Crippen molar-refractivity contribution in [3.63, 3.8) is 0 Å². The first-order chi connectivity index (χ1) is 8.54. The highest BCUT2D eigenvalue weighted by atomic mass is 79.9. The van der Waals surface area contributed by atoms with Gasteiger partial charge in [0.1, 0.15) is 0 Å². The van der Waals surface area contributed by atoms with Gasteiger partial charge in [-0.15, -0.1) is 11.3 Å². The molecule has 1 N–H and O–H groups in total. The average Bonchev–Trinajstić information content (AvgIpc) is 2.77. The average molecular weight is 332 g/mol. The van der Waals surface area contributed by atoms with Crippen LogP contribution in [-0.4, -0.2) is 7.05 Å². The Hall–Kier alpha value is -0.780. The first kappa shape index (κ1) is 13.6. The summed E-state index contributed by atoms with van der Waals surface area (Å²) in [4.78, 5) is 2.26. The number of aryl methyl sites for hydroxylation is 1. The van der Waals surface area contributed by atoms with E-state index in [1.165, 1.54) is 4.88 Å². The normalized spacial score (nSPS) is 12.7. The number of thiophene rings is 1. The molecule has 96 valence electrons. The standard InChI is InChI=1S/C13H12BrF2NS/c1-7-3-6-10(18-7)13(17-2)8-4-5-9(15)12(16)11(8)14/h3-6,13,17H,1-2H3. The molecule has 0 aliphatic heterocycles. The Morgan fingerprint density at radius 1 is 1.22 bits per heavy atom. The van der Waals surface area contributed by atoms with E-state index < -0.39 is 11.6 Å². The van der Waals surface area contributed by atoms with Crippen LogP contribution in [0.15, 0.2) is 28.7 Å². The van der Waals surface area contributed by atoms with Crippen LogP contribution >= 0.6 is 27.3 Å². The molecule has 1 heterocycles. The van der Waals surface area contributed by atoms with Crippen LogP contribution in [0.25, 0.3) is 0 Å². The summed E-state index contributed by atoms with van der Waals surface area (Å²) in [6, 6.07) is 6.61. The van der Waals surface area contributed by atoms with Crippen molar-refractivity contribution in [2.45, 2.75) is 13.0 Å². The van der Waals surface area contributed by atoms with Gasteiger partial charge in [-0.2, -0.15) is 0 Å². The van der Waals surface area contributed by atoms with E-state index in [1.54, 1.807) is 24.5 Å². The lowest BCUT2D eigenvalue weighted by Crippen LogP contribution is -2.17. The number of benzene rings is 1. The van der Waals surface area contributed by atoms with Crippen LogP contribution in [0.4, 0.5) is 8.78 Å². The number of hydrogen-bond donors (Lipinski definition) is 1. The van der Waals surface area contributed by atoms with E-state index in [2.05, 4.69) is 21.2 Å². The summed E-state index contributed by atoms with van der Waals surface area (Å²) >= 11 is 4.76. The lowest BCUT2D eigenvalue weighted by Gasteiger charge is -2.17. The molecule has 1 unspecified atom stereocenters. The van der Waals surface area contributed by atoms with Crippen LogP contribution in [0, 0.1) is 18.6 Å². The number of halogens is 3. The zero-order chi connectivity index (χ0) is 13.3. The molecule has 1 nitrogen and oxygen atoms in total. The lowest BCUT2D eigenvalue weighted by atomic mass is 10.1. The molecular formula is C13H12BrF2NS. The smallest absolute Gasteiger partial charge is 0.173 e. The van der Waals surface area contributed by atoms with Crippen molar-refractivity contribution in [2.75, 3.05) is 7.05 Å². The van der Waals surface area contributed by atoms with Crippen LogP contribution in [0.3, 0.4) is 0 Å². The summed E-state index contributed by atoms with van der Waals surface area (Å²) in [5.74, 6) is -1.69. The third kappa shape index (κ3) is 2.48. The Morgan fingerprint density at radius 3 is 2.50 bits per heavy atom. The zero-order valence-corrected chi connectivity index (χ0v) is 12.3. The van der Waals surface area contributed by atoms with Crippen LogP contribution < -0.4 is 5.32 Å². The molecule has 0 aliphatic rings. The predicted molar refractivity (Wildman–Crippen MR) is 74.0 cm³/mol. The molecule has 0 fully saturated rings. The van der Waals surface area contributed by atoms with E-state index in [1.807, 2.05) is 19.1 Å². The monoisotopic (exact) mass is 331 g/mol. The maximum Gasteiger partial charge on any atom is 0.173 e. The molecule has 0 radical (unpaired) electrons. The van der Waals surface area contributed by atoms with Crippen LogP contribution in [0.1, 0.15) is 21.4 Å². The molecule has 0 bridgehead atoms. The summed E-state index contributed by atoms with van der Waals surface area (Å²) in [5.41, 5.74) is 0.693. The Kier molecular flexibility index (Phi) is 4.14. The molecule has 1 aromatic heterocycles. The second kappa shape index (κ2) is 5.47. The van der Waals surface area contributed by atoms with Gasteiger partial charge in [0.15, 0.2) is 11.6 Å². The van der Waals surface area contributed by atoms with Crippen molar-refractivity contribution in [1.82, 2.24) is 5.32 Å². The topological polar surface area (TPSA) is 12.0 Å². The molecule has 0 amide bonds. The molecule has 0 saturated carbocycles. The van der Waals surface area contributed by atoms with Crippen LogP contribution in [0.2, 0.25) is 0 Å². The van der Waals surface area contributed by atoms with Gasteiger partial charge in [-0.25, -0.2) is 8.78 Å². The van der Waals surface area contributed by atoms with Gasteiger partial charge in [-0.1, -0.05) is 6.07 Å². The number of nitrogens with one attached hydrogen (secondary N) is 1. The van der Waals surface area contributed by atoms with Gasteiger partial charge in [0.2, 0.25) is 0 Å². The second-order valence-corrected chi connectivity index (χ2v) is 6.05. The second-order valence-electron chi connectivity index (χ2n) is 3.93. The van der Waals surface area contributed by atoms with Gasteiger partial charge in [-0.05, 0) is 53.7 Å². The third-order valence-corrected chi connectivity index (χ3v) is 4.58. The third-order valence-electron chi connectivity index (χ3n) is 2.71. The minimum atomic E-state index is -0.846. The van der Waals surface area contributed by atoms with Gasteiger partial charge < -0.3 is 5.32 Å². The Balaban J connectivity index is 2.49. The molecule has 0 spiro atoms. The minimum Gasteiger partial charge on any atom is -0.309 e. The van der Waals surface area contributed by atoms with Crippen molar-refractivity contribution in [2.24, 2.45) is 0 Å². The highest BCUT2D eigenvalue weighted by molar-refractivity contribution is 9.10. The fourth-order valence-corrected chi connectivity index (χ4v) is 3.38. The summed E-state index contributed by atoms with van der Waals surface area (Å²) in [7, 11) is 1.80. The van der Waals surface area contributed by atoms with E-state index in [4.69, 9.17) is 0 Å². The first-order valence-corrected chi connectivity index (χ1v) is 7.02. The predicted octanol–water partition coefficient (Wildman–Crippen LogP) is 4.41. The molecule has 5 heteroatoms. The van der Waals surface area contributed by atoms with Crippen molar-refractivity contribution < 1.29 is 8.78 Å². The van der Waals surface area contributed by atoms with Crippen LogP contribution in [0.5, 0.6) is 0 Å². The van der Waals surface area contributed by atoms with Gasteiger partial charge >= 0.3 is 0 Å². The first-order valence-electron chi connectivity index (χ1n) is 5.41. The quantitative estimate of drug-likeness (QED) is 0.821. The fourth-order valence-electron chi connectivity index (χ4n) is 1.82. The van der Waals surface area contributed by atoms with Crippen molar-refractivity contribution >= 4 is 27.3 Å². The minimum absolute atomic E-state index is 0.145. The molecule has 1 atom stereocenters. The summed E-state index contributed by atoms with van der Waals surface area (Å²) in [5, 5.41) is 3.13. The lowest BCUT2D eigenvalue weighted by molar-refractivity contribution is 0.500. The Bertz CT molecular complexity index is 568. The number of rotatable bonds is 3. The summed E-state index contributed by atoms with van der Waals surface area (Å²) in [6.45, 7) is 2.02. The highest BCUT2D eigenvalue weighted by Crippen LogP contribution is 2.34. The molecule has 2 aromatic rings. The van der Waals surface area contributed by atoms with Gasteiger partial charge in [0.05, 0.1) is 10.5 Å². The van der Waals surface area contributed by atoms with E-state index in [0.29, 0.717) is 5.56 Å². The van der Waals surface area contributed by atoms with E-state index in [-0.39, 0.29) is 10.5 Å². The Labute approximate surface area is 117 Å². The molecule has 18 heavy (non-hydrogen) atoms. The van der Waals surface area contributed by atoms with Gasteiger partial charge in [0.25, 0.3) is 0 Å². The number of hydrogen-bond acceptors (Lipinski definition) is 2. The maximum atomic E-state index is 13.6. The largest absolute Gasteiger partial charge is 0.309 e. The van der Waals surface area contributed by atoms with E-state index in [0.717, 1.165) is 10.9 Å². The van der Waals surface area contributed by atoms with Gasteiger partial charge in [-0.3, -0.25) is 0 Å². The van der Waals surface area contributed by atoms with Gasteiger partial charge in [0, 0.05) is 9.75 Å². The molecule has 2 rings (SSSR count). The zero-order valence-electron chi connectivity index (χ0n) is 9.93. The molecule has 1 aromatic carbocycles. The fraction of sp³-hybridized carbons (Fsp3) is 0.231. The maximum absolute atomic E-state index is 13.6. The molecule has 0 saturated heterocycles. The highest BCUT2D eigenvalue weighted by Gasteiger charge is 2.20. The van der Waals surface area contributed by atoms with Crippen molar-refractivity contribution in [1.29, 1.82) is 0 Å². The summed E-state index contributed by atoms with van der Waals surface area (Å²) < 4.78 is 26.8. The Morgan fingerprint density at radius 2 is 1.94 bits per heavy atom. The SMILES string of the molecule is CNC(c1ccc(C)s1)c1ccc(F)c(F)c1Br. The van der Waals surface area contributed by atoms with Crippen molar-refractivity contribution in [3.05, 3.63) is 55.7 Å².